The van der Waals surface area contributed by atoms with E-state index in [2.05, 4.69) is 0 Å². The van der Waals surface area contributed by atoms with Gasteiger partial charge in [0.05, 0.1) is 0 Å². The molecule has 0 aliphatic carbocycles. The van der Waals surface area contributed by atoms with Crippen LogP contribution in [0.2, 0.25) is 0 Å². The summed E-state index contributed by atoms with van der Waals surface area (Å²) >= 11 is 0. The molecule has 20 heavy (non-hydrogen) atoms. The minimum absolute atomic E-state index is 0.0506. The fourth-order valence-electron chi connectivity index (χ4n) is 2.02. The lowest BCUT2D eigenvalue weighted by Crippen LogP contribution is -2.16. The fraction of sp³-hybridized carbons (Fsp3) is 0.125. The van der Waals surface area contributed by atoms with Crippen LogP contribution in [0.3, 0.4) is 0 Å². The maximum Gasteiger partial charge on any atom is 0.248 e. The van der Waals surface area contributed by atoms with Gasteiger partial charge in [-0.3, -0.25) is 9.59 Å². The van der Waals surface area contributed by atoms with Crippen LogP contribution in [0, 0.1) is 5.82 Å². The Labute approximate surface area is 116 Å². The molecular formula is C16H14FNO2. The number of amides is 1. The molecule has 0 heterocycles. The Balaban J connectivity index is 2.08. The van der Waals surface area contributed by atoms with Crippen molar-refractivity contribution in [2.45, 2.75) is 12.8 Å². The van der Waals surface area contributed by atoms with Gasteiger partial charge in [-0.1, -0.05) is 30.3 Å². The molecule has 2 N–H and O–H groups in total. The molecule has 102 valence electrons. The van der Waals surface area contributed by atoms with Crippen molar-refractivity contribution in [2.75, 3.05) is 0 Å². The van der Waals surface area contributed by atoms with Gasteiger partial charge in [-0.25, -0.2) is 4.39 Å². The predicted octanol–water partition coefficient (Wildman–Crippen LogP) is 2.28. The third-order valence-corrected chi connectivity index (χ3v) is 2.98. The Bertz CT molecular complexity index is 635. The summed E-state index contributed by atoms with van der Waals surface area (Å²) in [5, 5.41) is 0. The van der Waals surface area contributed by atoms with Crippen molar-refractivity contribution in [1.82, 2.24) is 0 Å². The molecule has 0 saturated heterocycles. The lowest BCUT2D eigenvalue weighted by molar-refractivity contribution is -0.117. The SMILES string of the molecule is NC(=O)c1ccccc1CC(=O)Cc1ccc(F)cc1. The molecule has 0 spiro atoms. The van der Waals surface area contributed by atoms with Gasteiger partial charge < -0.3 is 5.73 Å². The van der Waals surface area contributed by atoms with E-state index in [1.807, 2.05) is 0 Å². The van der Waals surface area contributed by atoms with E-state index in [9.17, 15) is 14.0 Å². The van der Waals surface area contributed by atoms with Crippen LogP contribution in [0.15, 0.2) is 48.5 Å². The van der Waals surface area contributed by atoms with Gasteiger partial charge in [0.25, 0.3) is 0 Å². The number of Topliss-reactive ketones (excluding diaryl/α,β-unsaturated/α-hetero) is 1. The van der Waals surface area contributed by atoms with E-state index in [0.717, 1.165) is 5.56 Å². The topological polar surface area (TPSA) is 60.2 Å². The normalized spacial score (nSPS) is 10.2. The van der Waals surface area contributed by atoms with Crippen LogP contribution in [0.4, 0.5) is 4.39 Å². The quantitative estimate of drug-likeness (QED) is 0.906. The van der Waals surface area contributed by atoms with Gasteiger partial charge in [0.2, 0.25) is 5.91 Å². The van der Waals surface area contributed by atoms with Crippen molar-refractivity contribution >= 4 is 11.7 Å². The second-order valence-electron chi connectivity index (χ2n) is 4.54. The zero-order chi connectivity index (χ0) is 14.5. The third-order valence-electron chi connectivity index (χ3n) is 2.98. The number of primary amides is 1. The summed E-state index contributed by atoms with van der Waals surface area (Å²) in [4.78, 5) is 23.3. The second-order valence-corrected chi connectivity index (χ2v) is 4.54. The molecule has 0 aromatic heterocycles. The van der Waals surface area contributed by atoms with Gasteiger partial charge in [0.15, 0.2) is 0 Å². The summed E-state index contributed by atoms with van der Waals surface area (Å²) in [5.41, 5.74) is 6.99. The molecule has 0 radical (unpaired) electrons. The van der Waals surface area contributed by atoms with Gasteiger partial charge in [0.1, 0.15) is 11.6 Å². The molecule has 2 aromatic rings. The zero-order valence-corrected chi connectivity index (χ0v) is 10.8. The molecular weight excluding hydrogens is 257 g/mol. The van der Waals surface area contributed by atoms with E-state index >= 15 is 0 Å². The van der Waals surface area contributed by atoms with E-state index in [4.69, 9.17) is 5.73 Å². The molecule has 0 aliphatic rings. The van der Waals surface area contributed by atoms with Crippen molar-refractivity contribution in [1.29, 1.82) is 0 Å². The molecule has 2 rings (SSSR count). The Morgan fingerprint density at radius 3 is 2.25 bits per heavy atom. The average molecular weight is 271 g/mol. The molecule has 0 saturated carbocycles. The van der Waals surface area contributed by atoms with Gasteiger partial charge in [0, 0.05) is 18.4 Å². The Hall–Kier alpha value is -2.49. The highest BCUT2D eigenvalue weighted by Crippen LogP contribution is 2.11. The van der Waals surface area contributed by atoms with Crippen LogP contribution in [0.25, 0.3) is 0 Å². The number of benzene rings is 2. The van der Waals surface area contributed by atoms with Gasteiger partial charge in [-0.05, 0) is 29.3 Å². The van der Waals surface area contributed by atoms with E-state index < -0.39 is 5.91 Å². The summed E-state index contributed by atoms with van der Waals surface area (Å²) in [7, 11) is 0. The molecule has 0 bridgehead atoms. The zero-order valence-electron chi connectivity index (χ0n) is 10.8. The van der Waals surface area contributed by atoms with Crippen molar-refractivity contribution < 1.29 is 14.0 Å². The van der Waals surface area contributed by atoms with E-state index in [1.165, 1.54) is 12.1 Å². The molecule has 1 amide bonds. The summed E-state index contributed by atoms with van der Waals surface area (Å²) in [6, 6.07) is 12.6. The Kier molecular flexibility index (Phi) is 4.25. The smallest absolute Gasteiger partial charge is 0.248 e. The highest BCUT2D eigenvalue weighted by atomic mass is 19.1. The minimum Gasteiger partial charge on any atom is -0.366 e. The third kappa shape index (κ3) is 3.51. The van der Waals surface area contributed by atoms with E-state index in [0.29, 0.717) is 11.1 Å². The second kappa shape index (κ2) is 6.10. The first-order valence-corrected chi connectivity index (χ1v) is 6.20. The number of ketones is 1. The summed E-state index contributed by atoms with van der Waals surface area (Å²) in [6.07, 6.45) is 0.337. The van der Waals surface area contributed by atoms with Crippen molar-refractivity contribution in [3.63, 3.8) is 0 Å². The molecule has 0 aliphatic heterocycles. The van der Waals surface area contributed by atoms with Crippen LogP contribution in [0.1, 0.15) is 21.5 Å². The van der Waals surface area contributed by atoms with Gasteiger partial charge in [-0.2, -0.15) is 0 Å². The number of halogens is 1. The Morgan fingerprint density at radius 1 is 0.950 bits per heavy atom. The summed E-state index contributed by atoms with van der Waals surface area (Å²) in [5.74, 6) is -0.930. The Morgan fingerprint density at radius 2 is 1.60 bits per heavy atom. The highest BCUT2D eigenvalue weighted by Gasteiger charge is 2.11. The van der Waals surface area contributed by atoms with Crippen LogP contribution in [0.5, 0.6) is 0 Å². The lowest BCUT2D eigenvalue weighted by atomic mass is 9.98. The van der Waals surface area contributed by atoms with Gasteiger partial charge in [-0.15, -0.1) is 0 Å². The monoisotopic (exact) mass is 271 g/mol. The lowest BCUT2D eigenvalue weighted by Gasteiger charge is -2.06. The summed E-state index contributed by atoms with van der Waals surface area (Å²) < 4.78 is 12.8. The number of hydrogen-bond acceptors (Lipinski definition) is 2. The van der Waals surface area contributed by atoms with Crippen molar-refractivity contribution in [2.24, 2.45) is 5.73 Å². The van der Waals surface area contributed by atoms with E-state index in [-0.39, 0.29) is 24.4 Å². The first-order chi connectivity index (χ1) is 9.56. The predicted molar refractivity (Wildman–Crippen MR) is 73.8 cm³/mol. The first kappa shape index (κ1) is 13.9. The number of carbonyl (C=O) groups excluding carboxylic acids is 2. The number of carbonyl (C=O) groups is 2. The number of rotatable bonds is 5. The van der Waals surface area contributed by atoms with Crippen LogP contribution >= 0.6 is 0 Å². The van der Waals surface area contributed by atoms with Crippen LogP contribution in [-0.2, 0) is 17.6 Å². The number of nitrogens with two attached hydrogens (primary N) is 1. The van der Waals surface area contributed by atoms with Crippen LogP contribution in [-0.4, -0.2) is 11.7 Å². The molecule has 4 heteroatoms. The maximum absolute atomic E-state index is 12.8. The van der Waals surface area contributed by atoms with E-state index in [1.54, 1.807) is 36.4 Å². The maximum atomic E-state index is 12.8. The van der Waals surface area contributed by atoms with Crippen molar-refractivity contribution in [3.8, 4) is 0 Å². The first-order valence-electron chi connectivity index (χ1n) is 6.20. The largest absolute Gasteiger partial charge is 0.366 e. The molecule has 0 atom stereocenters. The van der Waals surface area contributed by atoms with Crippen molar-refractivity contribution in [3.05, 3.63) is 71.0 Å². The summed E-state index contributed by atoms with van der Waals surface area (Å²) in [6.45, 7) is 0. The molecule has 3 nitrogen and oxygen atoms in total. The number of hydrogen-bond donors (Lipinski definition) is 1. The average Bonchev–Trinajstić information content (AvgIpc) is 2.41. The van der Waals surface area contributed by atoms with Gasteiger partial charge >= 0.3 is 0 Å². The molecule has 0 fully saturated rings. The molecule has 2 aromatic carbocycles. The standard InChI is InChI=1S/C16H14FNO2/c17-13-7-5-11(6-8-13)9-14(19)10-12-3-1-2-4-15(12)16(18)20/h1-8H,9-10H2,(H2,18,20). The minimum atomic E-state index is -0.546. The highest BCUT2D eigenvalue weighted by molar-refractivity contribution is 5.96. The molecule has 0 unspecified atom stereocenters. The van der Waals surface area contributed by atoms with Crippen LogP contribution < -0.4 is 5.73 Å². The fourth-order valence-corrected chi connectivity index (χ4v) is 2.02.